The number of pyridine rings is 1. The molecule has 0 atom stereocenters. The molecule has 0 radical (unpaired) electrons. The number of carbonyl (C=O) groups excluding carboxylic acids is 1. The summed E-state index contributed by atoms with van der Waals surface area (Å²) in [5.74, 6) is -2.90. The third-order valence-corrected chi connectivity index (χ3v) is 5.95. The highest BCUT2D eigenvalue weighted by atomic mass is 32.1. The van der Waals surface area contributed by atoms with E-state index < -0.39 is 62.5 Å². The lowest BCUT2D eigenvalue weighted by molar-refractivity contribution is -0.140. The summed E-state index contributed by atoms with van der Waals surface area (Å²) in [6.07, 6.45) is -9.02. The second-order valence-corrected chi connectivity index (χ2v) is 9.95. The van der Waals surface area contributed by atoms with Crippen LogP contribution in [0.2, 0.25) is 0 Å². The molecule has 1 aromatic heterocycles. The van der Waals surface area contributed by atoms with Gasteiger partial charge in [0, 0.05) is 5.41 Å². The van der Waals surface area contributed by atoms with E-state index in [0.29, 0.717) is 11.0 Å². The van der Waals surface area contributed by atoms with E-state index in [1.807, 2.05) is 0 Å². The number of rotatable bonds is 2. The summed E-state index contributed by atoms with van der Waals surface area (Å²) < 4.78 is 97.2. The molecule has 3 rings (SSSR count). The molecule has 1 amide bonds. The number of thiocarbonyl (C=S) groups is 1. The maximum Gasteiger partial charge on any atom is 0.420 e. The number of nitriles is 1. The van der Waals surface area contributed by atoms with Crippen molar-refractivity contribution in [3.05, 3.63) is 52.6 Å². The number of aromatic nitrogens is 1. The molecular weight excluding hydrogens is 513 g/mol. The van der Waals surface area contributed by atoms with Crippen LogP contribution < -0.4 is 9.80 Å². The molecule has 0 aliphatic carbocycles. The van der Waals surface area contributed by atoms with Crippen molar-refractivity contribution in [3.8, 4) is 6.07 Å². The Morgan fingerprint density at radius 3 is 2.11 bits per heavy atom. The zero-order chi connectivity index (χ0) is 27.6. The highest BCUT2D eigenvalue weighted by Gasteiger charge is 2.52. The molecule has 2 heterocycles. The van der Waals surface area contributed by atoms with Crippen LogP contribution in [0.15, 0.2) is 24.4 Å². The predicted molar refractivity (Wildman–Crippen MR) is 121 cm³/mol. The Morgan fingerprint density at radius 1 is 1.06 bits per heavy atom. The van der Waals surface area contributed by atoms with Crippen molar-refractivity contribution in [1.82, 2.24) is 4.98 Å². The van der Waals surface area contributed by atoms with Crippen LogP contribution in [-0.4, -0.2) is 21.5 Å². The van der Waals surface area contributed by atoms with Gasteiger partial charge in [-0.25, -0.2) is 4.39 Å². The maximum atomic E-state index is 15.1. The van der Waals surface area contributed by atoms with Crippen molar-refractivity contribution in [2.75, 3.05) is 9.80 Å². The Morgan fingerprint density at radius 2 is 1.64 bits per heavy atom. The highest BCUT2D eigenvalue weighted by Crippen LogP contribution is 2.44. The third-order valence-electron chi connectivity index (χ3n) is 5.58. The minimum Gasteiger partial charge on any atom is -0.302 e. The Labute approximate surface area is 207 Å². The number of halogens is 7. The van der Waals surface area contributed by atoms with Gasteiger partial charge in [-0.3, -0.25) is 14.7 Å². The molecule has 1 saturated heterocycles. The van der Waals surface area contributed by atoms with Crippen molar-refractivity contribution in [2.45, 2.75) is 57.9 Å². The third kappa shape index (κ3) is 4.38. The average molecular weight is 532 g/mol. The van der Waals surface area contributed by atoms with Gasteiger partial charge in [0.25, 0.3) is 5.91 Å². The summed E-state index contributed by atoms with van der Waals surface area (Å²) >= 11 is 5.26. The van der Waals surface area contributed by atoms with Gasteiger partial charge in [-0.05, 0) is 44.3 Å². The quantitative estimate of drug-likeness (QED) is 0.334. The van der Waals surface area contributed by atoms with E-state index in [2.05, 4.69) is 4.98 Å². The van der Waals surface area contributed by atoms with Crippen molar-refractivity contribution < 1.29 is 35.5 Å². The molecular formula is C23H19F7N4OS. The first-order valence-electron chi connectivity index (χ1n) is 10.3. The van der Waals surface area contributed by atoms with Gasteiger partial charge in [0.2, 0.25) is 0 Å². The molecule has 0 bridgehead atoms. The van der Waals surface area contributed by atoms with E-state index in [0.717, 1.165) is 23.2 Å². The largest absolute Gasteiger partial charge is 0.420 e. The van der Waals surface area contributed by atoms with E-state index in [9.17, 15) is 31.1 Å². The van der Waals surface area contributed by atoms with Crippen LogP contribution in [0.1, 0.15) is 57.0 Å². The van der Waals surface area contributed by atoms with Crippen LogP contribution in [0.25, 0.3) is 0 Å². The van der Waals surface area contributed by atoms with Gasteiger partial charge >= 0.3 is 12.4 Å². The van der Waals surface area contributed by atoms with E-state index in [1.54, 1.807) is 0 Å². The summed E-state index contributed by atoms with van der Waals surface area (Å²) in [6.45, 7) is 7.15. The van der Waals surface area contributed by atoms with Crippen LogP contribution in [0.4, 0.5) is 42.1 Å². The first-order valence-corrected chi connectivity index (χ1v) is 10.7. The second kappa shape index (κ2) is 8.40. The fourth-order valence-electron chi connectivity index (χ4n) is 3.94. The monoisotopic (exact) mass is 532 g/mol. The van der Waals surface area contributed by atoms with Gasteiger partial charge in [0.05, 0.1) is 40.5 Å². The number of amides is 1. The normalized spacial score (nSPS) is 16.5. The molecule has 0 spiro atoms. The Kier molecular flexibility index (Phi) is 6.37. The summed E-state index contributed by atoms with van der Waals surface area (Å²) in [4.78, 5) is 18.7. The molecule has 13 heteroatoms. The van der Waals surface area contributed by atoms with Gasteiger partial charge in [0.15, 0.2) is 10.9 Å². The summed E-state index contributed by atoms with van der Waals surface area (Å²) in [7, 11) is 0. The van der Waals surface area contributed by atoms with Crippen LogP contribution in [0, 0.1) is 17.1 Å². The van der Waals surface area contributed by atoms with Gasteiger partial charge in [-0.2, -0.15) is 31.6 Å². The van der Waals surface area contributed by atoms with Crippen LogP contribution >= 0.6 is 12.2 Å². The van der Waals surface area contributed by atoms with E-state index >= 15 is 4.39 Å². The summed E-state index contributed by atoms with van der Waals surface area (Å²) in [5, 5.41) is 8.43. The Hall–Kier alpha value is -3.27. The second-order valence-electron chi connectivity index (χ2n) is 9.59. The number of alkyl halides is 6. The minimum atomic E-state index is -5.26. The Bertz CT molecular complexity index is 1300. The minimum absolute atomic E-state index is 0.258. The van der Waals surface area contributed by atoms with Crippen molar-refractivity contribution >= 4 is 34.6 Å². The van der Waals surface area contributed by atoms with Crippen molar-refractivity contribution in [3.63, 3.8) is 0 Å². The zero-order valence-corrected chi connectivity index (χ0v) is 20.4. The topological polar surface area (TPSA) is 60.2 Å². The molecule has 0 unspecified atom stereocenters. The first-order chi connectivity index (χ1) is 16.2. The first kappa shape index (κ1) is 27.3. The van der Waals surface area contributed by atoms with Crippen LogP contribution in [0.3, 0.4) is 0 Å². The standard InChI is InChI=1S/C23H19F7N4OS/c1-20(2,3)17-13(22(25,26)27)8-12(10-32-17)34-19(36)33(18(35)21(34,4)5)14-7-6-11(9-31)15(16(14)24)23(28,29)30/h6-8,10H,1-5H3. The highest BCUT2D eigenvalue weighted by molar-refractivity contribution is 7.81. The smallest absolute Gasteiger partial charge is 0.302 e. The number of nitrogens with zero attached hydrogens (tertiary/aromatic N) is 4. The molecule has 1 aromatic carbocycles. The fourth-order valence-corrected chi connectivity index (χ4v) is 4.45. The predicted octanol–water partition coefficient (Wildman–Crippen LogP) is 6.34. The van der Waals surface area contributed by atoms with Crippen molar-refractivity contribution in [2.24, 2.45) is 0 Å². The Balaban J connectivity index is 2.22. The molecule has 0 saturated carbocycles. The molecule has 0 N–H and O–H groups in total. The van der Waals surface area contributed by atoms with Crippen LogP contribution in [-0.2, 0) is 22.6 Å². The van der Waals surface area contributed by atoms with E-state index in [4.69, 9.17) is 17.5 Å². The SMILES string of the molecule is CC(C)(C)c1ncc(N2C(=S)N(c3ccc(C#N)c(C(F)(F)F)c3F)C(=O)C2(C)C)cc1C(F)(F)F. The molecule has 1 aliphatic heterocycles. The molecule has 5 nitrogen and oxygen atoms in total. The number of hydrogen-bond acceptors (Lipinski definition) is 4. The maximum absolute atomic E-state index is 15.1. The molecule has 1 aliphatic rings. The lowest BCUT2D eigenvalue weighted by Crippen LogP contribution is -2.44. The fraction of sp³-hybridized carbons (Fsp3) is 0.391. The lowest BCUT2D eigenvalue weighted by Gasteiger charge is -2.31. The van der Waals surface area contributed by atoms with Gasteiger partial charge in [0.1, 0.15) is 11.1 Å². The molecule has 1 fully saturated rings. The summed E-state index contributed by atoms with van der Waals surface area (Å²) in [6, 6.07) is 3.47. The van der Waals surface area contributed by atoms with Crippen molar-refractivity contribution in [1.29, 1.82) is 5.26 Å². The van der Waals surface area contributed by atoms with E-state index in [1.165, 1.54) is 40.7 Å². The number of hydrogen-bond donors (Lipinski definition) is 0. The zero-order valence-electron chi connectivity index (χ0n) is 19.6. The lowest BCUT2D eigenvalue weighted by atomic mass is 9.88. The molecule has 36 heavy (non-hydrogen) atoms. The van der Waals surface area contributed by atoms with Gasteiger partial charge in [-0.15, -0.1) is 0 Å². The number of carbonyl (C=O) groups is 1. The van der Waals surface area contributed by atoms with Gasteiger partial charge in [-0.1, -0.05) is 20.8 Å². The van der Waals surface area contributed by atoms with Crippen LogP contribution in [0.5, 0.6) is 0 Å². The average Bonchev–Trinajstić information content (AvgIpc) is 2.89. The molecule has 2 aromatic rings. The number of anilines is 2. The number of benzene rings is 1. The van der Waals surface area contributed by atoms with E-state index in [-0.39, 0.29) is 11.4 Å². The summed E-state index contributed by atoms with van der Waals surface area (Å²) in [5.41, 5.74) is -8.10. The van der Waals surface area contributed by atoms with Gasteiger partial charge < -0.3 is 4.90 Å². The molecule has 192 valence electrons.